The molecule has 2 aliphatic rings. The van der Waals surface area contributed by atoms with E-state index in [4.69, 9.17) is 16.3 Å². The Kier molecular flexibility index (Phi) is 3.88. The van der Waals surface area contributed by atoms with Crippen LogP contribution in [-0.2, 0) is 4.74 Å². The maximum absolute atomic E-state index is 11.7. The first kappa shape index (κ1) is 16.0. The summed E-state index contributed by atoms with van der Waals surface area (Å²) in [5, 5.41) is 23.3. The second kappa shape index (κ2) is 5.10. The standard InChI is InChI=1S/C12H19ClN3O5/c1-16(2)8-11(14(17)18)4-3-10(21-6-5-13)12(7-11,9-16)15(19)20/h3H,4-9H2,1-2H3/q+1/t11-,12-/m1/s1. The molecule has 0 aromatic heterocycles. The molecule has 1 heterocycles. The Morgan fingerprint density at radius 2 is 2.00 bits per heavy atom. The highest BCUT2D eigenvalue weighted by Gasteiger charge is 2.70. The van der Waals surface area contributed by atoms with Gasteiger partial charge in [0, 0.05) is 16.3 Å². The van der Waals surface area contributed by atoms with Crippen LogP contribution in [-0.4, -0.2) is 65.1 Å². The van der Waals surface area contributed by atoms with Crippen LogP contribution in [0, 0.1) is 20.2 Å². The van der Waals surface area contributed by atoms with Gasteiger partial charge in [0.05, 0.1) is 20.0 Å². The number of hydrogen-bond donors (Lipinski definition) is 0. The zero-order valence-corrected chi connectivity index (χ0v) is 12.8. The molecule has 1 aliphatic heterocycles. The molecule has 0 amide bonds. The fourth-order valence-corrected chi connectivity index (χ4v) is 3.82. The second-order valence-electron chi connectivity index (χ2n) is 6.51. The van der Waals surface area contributed by atoms with Gasteiger partial charge in [-0.25, -0.2) is 0 Å². The summed E-state index contributed by atoms with van der Waals surface area (Å²) in [6, 6.07) is 0. The van der Waals surface area contributed by atoms with Crippen LogP contribution in [0.2, 0.25) is 0 Å². The summed E-state index contributed by atoms with van der Waals surface area (Å²) in [6.45, 7) is 0.598. The number of likely N-dealkylation sites (N-methyl/N-ethyl adjacent to an activating group) is 1. The van der Waals surface area contributed by atoms with Crippen molar-refractivity contribution in [1.82, 2.24) is 0 Å². The van der Waals surface area contributed by atoms with E-state index in [0.29, 0.717) is 0 Å². The van der Waals surface area contributed by atoms with E-state index in [9.17, 15) is 20.2 Å². The highest BCUT2D eigenvalue weighted by molar-refractivity contribution is 6.17. The van der Waals surface area contributed by atoms with Gasteiger partial charge >= 0.3 is 5.54 Å². The molecule has 0 saturated carbocycles. The Balaban J connectivity index is 2.51. The van der Waals surface area contributed by atoms with Gasteiger partial charge in [0.1, 0.15) is 13.0 Å². The SMILES string of the molecule is C[N+]1(C)C[C@@]2([N+](=O)[O-])CC=C(OCCCl)[C@@]([N+](=O)[O-])(C2)C1. The summed E-state index contributed by atoms with van der Waals surface area (Å²) in [5.41, 5.74) is -2.85. The molecule has 0 spiro atoms. The van der Waals surface area contributed by atoms with Crippen LogP contribution >= 0.6 is 11.6 Å². The van der Waals surface area contributed by atoms with Crippen LogP contribution < -0.4 is 0 Å². The first-order valence-electron chi connectivity index (χ1n) is 6.68. The number of fused-ring (bicyclic) bond motifs is 2. The molecule has 1 saturated heterocycles. The summed E-state index contributed by atoms with van der Waals surface area (Å²) in [6.07, 6.45) is 1.53. The smallest absolute Gasteiger partial charge is 0.332 e. The summed E-state index contributed by atoms with van der Waals surface area (Å²) in [7, 11) is 3.56. The number of quaternary nitrogens is 1. The van der Waals surface area contributed by atoms with E-state index in [2.05, 4.69) is 0 Å². The molecular formula is C12H19ClN3O5+. The molecule has 0 unspecified atom stereocenters. The minimum absolute atomic E-state index is 0.129. The minimum Gasteiger partial charge on any atom is -0.489 e. The molecule has 0 aromatic rings. The fraction of sp³-hybridized carbons (Fsp3) is 0.833. The number of rotatable bonds is 5. The first-order chi connectivity index (χ1) is 9.67. The quantitative estimate of drug-likeness (QED) is 0.326. The third-order valence-corrected chi connectivity index (χ3v) is 4.39. The van der Waals surface area contributed by atoms with Gasteiger partial charge in [-0.1, -0.05) is 0 Å². The topological polar surface area (TPSA) is 95.5 Å². The van der Waals surface area contributed by atoms with E-state index in [0.717, 1.165) is 0 Å². The summed E-state index contributed by atoms with van der Waals surface area (Å²) in [5.74, 6) is 0.431. The lowest BCUT2D eigenvalue weighted by Crippen LogP contribution is -2.72. The van der Waals surface area contributed by atoms with E-state index < -0.39 is 16.0 Å². The van der Waals surface area contributed by atoms with E-state index in [1.54, 1.807) is 14.1 Å². The number of hydrogen-bond acceptors (Lipinski definition) is 5. The minimum atomic E-state index is -1.54. The largest absolute Gasteiger partial charge is 0.489 e. The van der Waals surface area contributed by atoms with Crippen LogP contribution in [0.5, 0.6) is 0 Å². The lowest BCUT2D eigenvalue weighted by atomic mass is 9.70. The zero-order chi connectivity index (χ0) is 15.9. The van der Waals surface area contributed by atoms with Crippen LogP contribution in [0.15, 0.2) is 11.8 Å². The van der Waals surface area contributed by atoms with Crippen molar-refractivity contribution in [1.29, 1.82) is 0 Å². The van der Waals surface area contributed by atoms with Gasteiger partial charge in [0.25, 0.3) is 5.54 Å². The van der Waals surface area contributed by atoms with Gasteiger partial charge in [-0.05, 0) is 6.08 Å². The molecule has 2 rings (SSSR count). The second-order valence-corrected chi connectivity index (χ2v) is 6.89. The average molecular weight is 321 g/mol. The molecule has 1 aliphatic carbocycles. The van der Waals surface area contributed by atoms with Gasteiger partial charge in [-0.15, -0.1) is 11.6 Å². The monoisotopic (exact) mass is 320 g/mol. The molecular weight excluding hydrogens is 302 g/mol. The Bertz CT molecular complexity index is 509. The highest BCUT2D eigenvalue weighted by atomic mass is 35.5. The predicted octanol–water partition coefficient (Wildman–Crippen LogP) is 1.04. The van der Waals surface area contributed by atoms with Gasteiger partial charge < -0.3 is 9.22 Å². The van der Waals surface area contributed by atoms with Crippen molar-refractivity contribution in [2.45, 2.75) is 23.9 Å². The molecule has 2 atom stereocenters. The molecule has 0 radical (unpaired) electrons. The molecule has 0 aromatic carbocycles. The Morgan fingerprint density at radius 1 is 1.33 bits per heavy atom. The van der Waals surface area contributed by atoms with Crippen molar-refractivity contribution in [2.24, 2.45) is 0 Å². The average Bonchev–Trinajstić information content (AvgIpc) is 2.35. The van der Waals surface area contributed by atoms with E-state index in [1.807, 2.05) is 0 Å². The number of nitrogens with zero attached hydrogens (tertiary/aromatic N) is 3. The number of likely N-dealkylation sites (tertiary alicyclic amines) is 1. The van der Waals surface area contributed by atoms with E-state index in [1.165, 1.54) is 6.08 Å². The fourth-order valence-electron chi connectivity index (χ4n) is 3.74. The van der Waals surface area contributed by atoms with E-state index >= 15 is 0 Å². The zero-order valence-electron chi connectivity index (χ0n) is 12.1. The summed E-state index contributed by atoms with van der Waals surface area (Å²) >= 11 is 5.58. The maximum atomic E-state index is 11.7. The molecule has 1 fully saturated rings. The van der Waals surface area contributed by atoms with Crippen molar-refractivity contribution >= 4 is 11.6 Å². The third-order valence-electron chi connectivity index (χ3n) is 4.23. The third kappa shape index (κ3) is 2.57. The van der Waals surface area contributed by atoms with Crippen molar-refractivity contribution < 1.29 is 19.1 Å². The molecule has 9 heteroatoms. The highest BCUT2D eigenvalue weighted by Crippen LogP contribution is 2.45. The number of ether oxygens (including phenoxy) is 1. The number of halogens is 1. The summed E-state index contributed by atoms with van der Waals surface area (Å²) < 4.78 is 5.67. The number of alkyl halides is 1. The summed E-state index contributed by atoms with van der Waals surface area (Å²) in [4.78, 5) is 22.5. The van der Waals surface area contributed by atoms with Crippen LogP contribution in [0.25, 0.3) is 0 Å². The lowest BCUT2D eigenvalue weighted by Gasteiger charge is -2.47. The lowest BCUT2D eigenvalue weighted by molar-refractivity contribution is -0.934. The molecule has 2 bridgehead atoms. The molecule has 21 heavy (non-hydrogen) atoms. The van der Waals surface area contributed by atoms with Crippen LogP contribution in [0.3, 0.4) is 0 Å². The number of piperidine rings is 1. The molecule has 8 nitrogen and oxygen atoms in total. The van der Waals surface area contributed by atoms with Crippen molar-refractivity contribution in [3.8, 4) is 0 Å². The van der Waals surface area contributed by atoms with E-state index in [-0.39, 0.29) is 53.6 Å². The normalized spacial score (nSPS) is 34.0. The van der Waals surface area contributed by atoms with Crippen molar-refractivity contribution in [2.75, 3.05) is 39.7 Å². The molecule has 118 valence electrons. The Morgan fingerprint density at radius 3 is 2.52 bits per heavy atom. The van der Waals surface area contributed by atoms with Gasteiger partial charge in [0.15, 0.2) is 18.8 Å². The number of nitro groups is 2. The molecule has 0 N–H and O–H groups in total. The van der Waals surface area contributed by atoms with Crippen molar-refractivity contribution in [3.63, 3.8) is 0 Å². The first-order valence-corrected chi connectivity index (χ1v) is 7.21. The van der Waals surface area contributed by atoms with Crippen LogP contribution in [0.4, 0.5) is 0 Å². The Labute approximate surface area is 127 Å². The van der Waals surface area contributed by atoms with Crippen molar-refractivity contribution in [3.05, 3.63) is 32.1 Å². The Hall–Kier alpha value is -1.41. The maximum Gasteiger partial charge on any atom is 0.332 e. The van der Waals surface area contributed by atoms with Crippen LogP contribution in [0.1, 0.15) is 12.8 Å². The van der Waals surface area contributed by atoms with Gasteiger partial charge in [-0.2, -0.15) is 0 Å². The predicted molar refractivity (Wildman–Crippen MR) is 75.3 cm³/mol. The van der Waals surface area contributed by atoms with Gasteiger partial charge in [-0.3, -0.25) is 20.2 Å². The van der Waals surface area contributed by atoms with Gasteiger partial charge in [0.2, 0.25) is 0 Å².